The number of piperazine rings is 1. The molecule has 0 saturated carbocycles. The topological polar surface area (TPSA) is 64.3 Å². The van der Waals surface area contributed by atoms with Crippen LogP contribution in [0.15, 0.2) is 54.6 Å². The summed E-state index contributed by atoms with van der Waals surface area (Å²) in [6.45, 7) is 3.08. The number of aromatic nitrogens is 2. The lowest BCUT2D eigenvalue weighted by Gasteiger charge is -2.51. The van der Waals surface area contributed by atoms with Gasteiger partial charge in [0, 0.05) is 43.1 Å². The van der Waals surface area contributed by atoms with Gasteiger partial charge in [0.2, 0.25) is 0 Å². The zero-order valence-corrected chi connectivity index (χ0v) is 16.7. The Morgan fingerprint density at radius 2 is 1.76 bits per heavy atom. The number of likely N-dealkylation sites (tertiary alicyclic amines) is 1. The summed E-state index contributed by atoms with van der Waals surface area (Å²) in [6, 6.07) is 19.6. The van der Waals surface area contributed by atoms with Crippen molar-refractivity contribution in [2.45, 2.75) is 37.5 Å². The third-order valence-electron chi connectivity index (χ3n) is 6.47. The van der Waals surface area contributed by atoms with Gasteiger partial charge in [0.15, 0.2) is 5.69 Å². The molecule has 1 amide bonds. The number of nitrogens with one attached hydrogen (secondary N) is 2. The molecule has 1 unspecified atom stereocenters. The van der Waals surface area contributed by atoms with Crippen LogP contribution in [-0.4, -0.2) is 64.2 Å². The molecule has 6 nitrogen and oxygen atoms in total. The second kappa shape index (κ2) is 7.61. The fourth-order valence-corrected chi connectivity index (χ4v) is 4.94. The molecule has 2 fully saturated rings. The highest BCUT2D eigenvalue weighted by Crippen LogP contribution is 2.29. The number of piperidine rings is 1. The summed E-state index contributed by atoms with van der Waals surface area (Å²) in [6.07, 6.45) is 1.96. The Bertz CT molecular complexity index is 985. The molecule has 3 aromatic rings. The largest absolute Gasteiger partial charge is 0.348 e. The molecule has 2 bridgehead atoms. The molecule has 3 atom stereocenters. The van der Waals surface area contributed by atoms with Gasteiger partial charge in [-0.25, -0.2) is 0 Å². The fraction of sp³-hybridized carbons (Fsp3) is 0.391. The normalized spacial score (nSPS) is 25.2. The number of rotatable bonds is 4. The van der Waals surface area contributed by atoms with Crippen LogP contribution in [0.3, 0.4) is 0 Å². The first-order valence-electron chi connectivity index (χ1n) is 10.4. The summed E-state index contributed by atoms with van der Waals surface area (Å²) in [5, 5.41) is 11.3. The van der Waals surface area contributed by atoms with Gasteiger partial charge in [0.25, 0.3) is 5.91 Å². The van der Waals surface area contributed by atoms with E-state index in [2.05, 4.69) is 62.7 Å². The van der Waals surface area contributed by atoms with Crippen molar-refractivity contribution in [3.8, 4) is 0 Å². The average molecular weight is 390 g/mol. The molecule has 29 heavy (non-hydrogen) atoms. The molecule has 0 spiro atoms. The Labute approximate surface area is 170 Å². The average Bonchev–Trinajstić information content (AvgIpc) is 3.15. The van der Waals surface area contributed by atoms with Crippen LogP contribution in [0.2, 0.25) is 0 Å². The number of nitrogens with zero attached hydrogens (tertiary/aromatic N) is 3. The van der Waals surface area contributed by atoms with Crippen molar-refractivity contribution in [2.75, 3.05) is 20.1 Å². The van der Waals surface area contributed by atoms with Crippen LogP contribution in [0.1, 0.15) is 28.9 Å². The van der Waals surface area contributed by atoms with Crippen LogP contribution in [0.4, 0.5) is 0 Å². The molecule has 1 aromatic heterocycles. The predicted molar refractivity (Wildman–Crippen MR) is 114 cm³/mol. The van der Waals surface area contributed by atoms with E-state index < -0.39 is 0 Å². The molecule has 0 radical (unpaired) electrons. The summed E-state index contributed by atoms with van der Waals surface area (Å²) in [5.74, 6) is -0.0729. The van der Waals surface area contributed by atoms with E-state index in [0.29, 0.717) is 17.8 Å². The molecular weight excluding hydrogens is 362 g/mol. The molecule has 3 heterocycles. The van der Waals surface area contributed by atoms with Crippen molar-refractivity contribution < 1.29 is 4.79 Å². The van der Waals surface area contributed by atoms with Gasteiger partial charge in [0.05, 0.1) is 5.52 Å². The zero-order valence-electron chi connectivity index (χ0n) is 16.7. The first-order chi connectivity index (χ1) is 14.2. The van der Waals surface area contributed by atoms with Gasteiger partial charge >= 0.3 is 0 Å². The number of aromatic amines is 1. The predicted octanol–water partition coefficient (Wildman–Crippen LogP) is 2.64. The summed E-state index contributed by atoms with van der Waals surface area (Å²) in [5.41, 5.74) is 2.76. The van der Waals surface area contributed by atoms with E-state index in [1.165, 1.54) is 5.56 Å². The van der Waals surface area contributed by atoms with Gasteiger partial charge in [-0.15, -0.1) is 0 Å². The van der Waals surface area contributed by atoms with Crippen LogP contribution < -0.4 is 5.32 Å². The zero-order chi connectivity index (χ0) is 19.8. The van der Waals surface area contributed by atoms with Crippen LogP contribution in [-0.2, 0) is 6.54 Å². The Balaban J connectivity index is 1.25. The summed E-state index contributed by atoms with van der Waals surface area (Å²) in [4.78, 5) is 17.9. The Kier molecular flexibility index (Phi) is 4.81. The van der Waals surface area contributed by atoms with Gasteiger partial charge in [-0.1, -0.05) is 48.5 Å². The van der Waals surface area contributed by atoms with Gasteiger partial charge in [-0.05, 0) is 31.5 Å². The molecular formula is C23H27N5O. The SMILES string of the molecule is CN1[C@@H]2CC(NC(=O)c3n[nH]c4ccccc34)C[C@H]1CN(Cc1ccccc1)C2. The Morgan fingerprint density at radius 1 is 1.07 bits per heavy atom. The van der Waals surface area contributed by atoms with E-state index in [-0.39, 0.29) is 11.9 Å². The van der Waals surface area contributed by atoms with E-state index in [1.54, 1.807) is 0 Å². The van der Waals surface area contributed by atoms with E-state index >= 15 is 0 Å². The van der Waals surface area contributed by atoms with Crippen molar-refractivity contribution in [3.63, 3.8) is 0 Å². The molecule has 0 aliphatic carbocycles. The third-order valence-corrected chi connectivity index (χ3v) is 6.47. The molecule has 2 aliphatic heterocycles. The van der Waals surface area contributed by atoms with E-state index in [1.807, 2.05) is 24.3 Å². The maximum absolute atomic E-state index is 12.9. The number of H-pyrrole nitrogens is 1. The maximum atomic E-state index is 12.9. The van der Waals surface area contributed by atoms with Crippen molar-refractivity contribution in [1.82, 2.24) is 25.3 Å². The van der Waals surface area contributed by atoms with Gasteiger partial charge < -0.3 is 5.32 Å². The highest BCUT2D eigenvalue weighted by atomic mass is 16.2. The quantitative estimate of drug-likeness (QED) is 0.720. The summed E-state index contributed by atoms with van der Waals surface area (Å²) in [7, 11) is 2.23. The highest BCUT2D eigenvalue weighted by molar-refractivity contribution is 6.04. The van der Waals surface area contributed by atoms with E-state index in [9.17, 15) is 4.79 Å². The van der Waals surface area contributed by atoms with Crippen LogP contribution in [0.5, 0.6) is 0 Å². The lowest BCUT2D eigenvalue weighted by atomic mass is 9.87. The number of hydrogen-bond donors (Lipinski definition) is 2. The first-order valence-corrected chi connectivity index (χ1v) is 10.4. The van der Waals surface area contributed by atoms with Crippen LogP contribution in [0.25, 0.3) is 10.9 Å². The number of fused-ring (bicyclic) bond motifs is 3. The number of likely N-dealkylation sites (N-methyl/N-ethyl adjacent to an activating group) is 1. The number of carbonyl (C=O) groups is 1. The van der Waals surface area contributed by atoms with Crippen molar-refractivity contribution >= 4 is 16.8 Å². The Morgan fingerprint density at radius 3 is 2.52 bits per heavy atom. The van der Waals surface area contributed by atoms with Gasteiger partial charge in [-0.2, -0.15) is 5.10 Å². The fourth-order valence-electron chi connectivity index (χ4n) is 4.94. The number of hydrogen-bond acceptors (Lipinski definition) is 4. The second-order valence-corrected chi connectivity index (χ2v) is 8.41. The first kappa shape index (κ1) is 18.3. The molecule has 6 heteroatoms. The minimum absolute atomic E-state index is 0.0729. The minimum Gasteiger partial charge on any atom is -0.348 e. The lowest BCUT2D eigenvalue weighted by molar-refractivity contribution is -0.00511. The number of benzene rings is 2. The van der Waals surface area contributed by atoms with Crippen molar-refractivity contribution in [2.24, 2.45) is 0 Å². The molecule has 2 N–H and O–H groups in total. The molecule has 5 rings (SSSR count). The summed E-state index contributed by atoms with van der Waals surface area (Å²) < 4.78 is 0. The van der Waals surface area contributed by atoms with E-state index in [0.717, 1.165) is 43.4 Å². The van der Waals surface area contributed by atoms with Gasteiger partial charge in [0.1, 0.15) is 0 Å². The van der Waals surface area contributed by atoms with E-state index in [4.69, 9.17) is 0 Å². The molecule has 2 aromatic carbocycles. The van der Waals surface area contributed by atoms with Crippen molar-refractivity contribution in [1.29, 1.82) is 0 Å². The third kappa shape index (κ3) is 3.66. The number of para-hydroxylation sites is 1. The molecule has 2 saturated heterocycles. The van der Waals surface area contributed by atoms with Crippen LogP contribution in [0, 0.1) is 0 Å². The smallest absolute Gasteiger partial charge is 0.272 e. The molecule has 2 aliphatic rings. The maximum Gasteiger partial charge on any atom is 0.272 e. The Hall–Kier alpha value is -2.70. The second-order valence-electron chi connectivity index (χ2n) is 8.41. The standard InChI is InChI=1S/C23H27N5O/c1-27-18-11-17(24-23(29)22-20-9-5-6-10-21(20)25-26-22)12-19(27)15-28(14-18)13-16-7-3-2-4-8-16/h2-10,17-19H,11-15H2,1H3,(H,24,29)(H,25,26)/t17?,18-,19+. The highest BCUT2D eigenvalue weighted by Gasteiger charge is 2.39. The van der Waals surface area contributed by atoms with Crippen LogP contribution >= 0.6 is 0 Å². The monoisotopic (exact) mass is 389 g/mol. The lowest BCUT2D eigenvalue weighted by Crippen LogP contribution is -2.63. The van der Waals surface area contributed by atoms with Crippen molar-refractivity contribution in [3.05, 3.63) is 65.9 Å². The van der Waals surface area contributed by atoms with Gasteiger partial charge in [-0.3, -0.25) is 19.7 Å². The minimum atomic E-state index is -0.0729. The number of amides is 1. The number of carbonyl (C=O) groups excluding carboxylic acids is 1. The molecule has 150 valence electrons. The summed E-state index contributed by atoms with van der Waals surface area (Å²) >= 11 is 0.